The molecule has 1 aromatic rings. The fourth-order valence-electron chi connectivity index (χ4n) is 3.74. The third kappa shape index (κ3) is 3.90. The lowest BCUT2D eigenvalue weighted by molar-refractivity contribution is -0.115. The van der Waals surface area contributed by atoms with Crippen LogP contribution < -0.4 is 5.32 Å². The van der Waals surface area contributed by atoms with Gasteiger partial charge in [-0.25, -0.2) is 0 Å². The molecule has 2 nitrogen and oxygen atoms in total. The third-order valence-corrected chi connectivity index (χ3v) is 10.9. The third-order valence-electron chi connectivity index (χ3n) is 5.17. The Labute approximate surface area is 137 Å². The normalized spacial score (nSPS) is 13.0. The van der Waals surface area contributed by atoms with Crippen LogP contribution in [-0.2, 0) is 4.79 Å². The largest absolute Gasteiger partial charge is 0.322 e. The number of carbonyl (C=O) groups is 1. The van der Waals surface area contributed by atoms with Gasteiger partial charge in [-0.15, -0.1) is 0 Å². The number of amides is 1. The van der Waals surface area contributed by atoms with Gasteiger partial charge in [-0.05, 0) is 59.1 Å². The second kappa shape index (κ2) is 8.11. The van der Waals surface area contributed by atoms with Gasteiger partial charge >= 0.3 is 0 Å². The second-order valence-corrected chi connectivity index (χ2v) is 11.3. The first-order valence-electron chi connectivity index (χ1n) is 8.59. The van der Waals surface area contributed by atoms with Crippen molar-refractivity contribution in [1.29, 1.82) is 0 Å². The number of aryl methyl sites for hydroxylation is 3. The van der Waals surface area contributed by atoms with Gasteiger partial charge in [0.2, 0.25) is 0 Å². The van der Waals surface area contributed by atoms with Gasteiger partial charge < -0.3 is 5.32 Å². The average molecular weight is 322 g/mol. The van der Waals surface area contributed by atoms with E-state index in [9.17, 15) is 4.79 Å². The summed E-state index contributed by atoms with van der Waals surface area (Å²) < 4.78 is 0. The molecule has 0 aromatic heterocycles. The van der Waals surface area contributed by atoms with Gasteiger partial charge in [0.15, 0.2) is 0 Å². The van der Waals surface area contributed by atoms with Crippen LogP contribution in [0.1, 0.15) is 50.8 Å². The van der Waals surface area contributed by atoms with Crippen LogP contribution in [0.5, 0.6) is 0 Å². The maximum Gasteiger partial charge on any atom is 0.265 e. The predicted octanol–water partition coefficient (Wildman–Crippen LogP) is 5.41. The maximum absolute atomic E-state index is 13.0. The van der Waals surface area contributed by atoms with Crippen molar-refractivity contribution in [3.8, 4) is 0 Å². The molecule has 0 fully saturated rings. The molecule has 0 radical (unpaired) electrons. The van der Waals surface area contributed by atoms with E-state index in [0.29, 0.717) is 0 Å². The lowest BCUT2D eigenvalue weighted by atomic mass is 10.0. The highest BCUT2D eigenvalue weighted by atomic mass is 31.2. The van der Waals surface area contributed by atoms with Gasteiger partial charge in [0.25, 0.3) is 5.91 Å². The molecule has 124 valence electrons. The lowest BCUT2D eigenvalue weighted by Crippen LogP contribution is -2.33. The van der Waals surface area contributed by atoms with Crippen molar-refractivity contribution >= 4 is 18.9 Å². The first-order chi connectivity index (χ1) is 10.3. The summed E-state index contributed by atoms with van der Waals surface area (Å²) in [4.78, 5) is 13.0. The highest BCUT2D eigenvalue weighted by molar-refractivity contribution is 7.77. The molecule has 0 bridgehead atoms. The van der Waals surface area contributed by atoms with E-state index in [0.717, 1.165) is 41.7 Å². The Morgan fingerprint density at radius 2 is 1.45 bits per heavy atom. The molecule has 22 heavy (non-hydrogen) atoms. The molecule has 0 saturated carbocycles. The Balaban J connectivity index is 3.09. The molecule has 1 unspecified atom stereocenters. The van der Waals surface area contributed by atoms with Crippen LogP contribution in [0.25, 0.3) is 0 Å². The molecule has 0 heterocycles. The summed E-state index contributed by atoms with van der Waals surface area (Å²) in [5, 5.41) is 3.25. The van der Waals surface area contributed by atoms with E-state index in [1.54, 1.807) is 0 Å². The Morgan fingerprint density at radius 3 is 1.82 bits per heavy atom. The number of anilines is 1. The van der Waals surface area contributed by atoms with Crippen LogP contribution in [0, 0.1) is 20.8 Å². The molecule has 0 spiro atoms. The molecular formula is C19H33NOP+. The van der Waals surface area contributed by atoms with Crippen molar-refractivity contribution < 1.29 is 4.79 Å². The zero-order chi connectivity index (χ0) is 16.9. The van der Waals surface area contributed by atoms with Crippen LogP contribution in [0.15, 0.2) is 12.1 Å². The molecule has 1 rings (SSSR count). The van der Waals surface area contributed by atoms with Crippen molar-refractivity contribution in [3.05, 3.63) is 28.8 Å². The SMILES string of the molecule is CCC(C(=O)Nc1c(C)cc(C)cc1C)[P+](CC)(CC)CC. The predicted molar refractivity (Wildman–Crippen MR) is 102 cm³/mol. The lowest BCUT2D eigenvalue weighted by Gasteiger charge is -2.31. The van der Waals surface area contributed by atoms with E-state index in [4.69, 9.17) is 0 Å². The smallest absolute Gasteiger partial charge is 0.265 e. The number of nitrogens with one attached hydrogen (secondary N) is 1. The Hall–Kier alpha value is -0.880. The molecule has 0 aliphatic heterocycles. The molecule has 3 heteroatoms. The summed E-state index contributed by atoms with van der Waals surface area (Å²) >= 11 is 0. The first kappa shape index (κ1) is 19.2. The van der Waals surface area contributed by atoms with Crippen molar-refractivity contribution in [3.63, 3.8) is 0 Å². The van der Waals surface area contributed by atoms with Crippen LogP contribution in [0.3, 0.4) is 0 Å². The molecule has 1 aromatic carbocycles. The number of carbonyl (C=O) groups excluding carboxylic acids is 1. The standard InChI is InChI=1S/C19H32NOP/c1-8-17(22(9-2,10-3)11-4)19(21)20-18-15(6)12-14(5)13-16(18)7/h12-13,17H,8-11H2,1-7H3/p+1. The minimum absolute atomic E-state index is 0.188. The van der Waals surface area contributed by atoms with Gasteiger partial charge in [-0.2, -0.15) is 0 Å². The van der Waals surface area contributed by atoms with Crippen molar-refractivity contribution in [2.24, 2.45) is 0 Å². The highest BCUT2D eigenvalue weighted by Gasteiger charge is 2.44. The number of hydrogen-bond acceptors (Lipinski definition) is 1. The minimum atomic E-state index is -1.19. The highest BCUT2D eigenvalue weighted by Crippen LogP contribution is 2.63. The zero-order valence-electron chi connectivity index (χ0n) is 15.4. The summed E-state index contributed by atoms with van der Waals surface area (Å²) in [6.45, 7) is 15.2. The van der Waals surface area contributed by atoms with Gasteiger partial charge in [-0.3, -0.25) is 4.79 Å². The van der Waals surface area contributed by atoms with E-state index >= 15 is 0 Å². The number of rotatable bonds is 7. The summed E-state index contributed by atoms with van der Waals surface area (Å²) in [6, 6.07) is 4.29. The van der Waals surface area contributed by atoms with E-state index in [1.807, 2.05) is 0 Å². The minimum Gasteiger partial charge on any atom is -0.322 e. The number of hydrogen-bond donors (Lipinski definition) is 1. The summed E-state index contributed by atoms with van der Waals surface area (Å²) in [5.74, 6) is 0.233. The van der Waals surface area contributed by atoms with Crippen LogP contribution in [0.2, 0.25) is 0 Å². The fraction of sp³-hybridized carbons (Fsp3) is 0.632. The molecule has 0 aliphatic rings. The van der Waals surface area contributed by atoms with Crippen molar-refractivity contribution in [1.82, 2.24) is 0 Å². The van der Waals surface area contributed by atoms with E-state index in [2.05, 4.69) is 65.9 Å². The van der Waals surface area contributed by atoms with E-state index < -0.39 is 7.26 Å². The van der Waals surface area contributed by atoms with Crippen molar-refractivity contribution in [2.75, 3.05) is 23.8 Å². The van der Waals surface area contributed by atoms with Gasteiger partial charge in [0.05, 0.1) is 18.5 Å². The number of benzene rings is 1. The summed E-state index contributed by atoms with van der Waals surface area (Å²) in [5.41, 5.74) is 4.77. The maximum atomic E-state index is 13.0. The molecule has 0 saturated heterocycles. The Bertz CT molecular complexity index is 489. The average Bonchev–Trinajstić information content (AvgIpc) is 2.48. The van der Waals surface area contributed by atoms with E-state index in [-0.39, 0.29) is 11.6 Å². The van der Waals surface area contributed by atoms with E-state index in [1.165, 1.54) is 5.56 Å². The molecule has 0 aliphatic carbocycles. The van der Waals surface area contributed by atoms with Gasteiger partial charge in [0, 0.05) is 12.9 Å². The Morgan fingerprint density at radius 1 is 1.00 bits per heavy atom. The van der Waals surface area contributed by atoms with Crippen LogP contribution in [-0.4, -0.2) is 30.1 Å². The molecule has 1 amide bonds. The zero-order valence-corrected chi connectivity index (χ0v) is 16.3. The van der Waals surface area contributed by atoms with Crippen LogP contribution in [0.4, 0.5) is 5.69 Å². The summed E-state index contributed by atoms with van der Waals surface area (Å²) in [6.07, 6.45) is 4.44. The van der Waals surface area contributed by atoms with Crippen LogP contribution >= 0.6 is 7.26 Å². The second-order valence-electron chi connectivity index (χ2n) is 6.35. The first-order valence-corrected chi connectivity index (χ1v) is 11.0. The monoisotopic (exact) mass is 322 g/mol. The molecule has 1 N–H and O–H groups in total. The quantitative estimate of drug-likeness (QED) is 0.668. The van der Waals surface area contributed by atoms with Gasteiger partial charge in [-0.1, -0.05) is 24.6 Å². The van der Waals surface area contributed by atoms with Gasteiger partial charge in [0.1, 0.15) is 5.66 Å². The fourth-order valence-corrected chi connectivity index (χ4v) is 7.74. The summed E-state index contributed by atoms with van der Waals surface area (Å²) in [7, 11) is -1.19. The van der Waals surface area contributed by atoms with Crippen molar-refractivity contribution in [2.45, 2.75) is 60.5 Å². The Kier molecular flexibility index (Phi) is 7.06. The topological polar surface area (TPSA) is 29.1 Å². The molecular weight excluding hydrogens is 289 g/mol. The molecule has 1 atom stereocenters.